The number of nitrogens with one attached hydrogen (secondary N) is 2. The number of thiocarbonyl (C=S) groups is 1. The van der Waals surface area contributed by atoms with Gasteiger partial charge in [-0.25, -0.2) is 0 Å². The van der Waals surface area contributed by atoms with Crippen LogP contribution in [0.5, 0.6) is 0 Å². The van der Waals surface area contributed by atoms with Crippen molar-refractivity contribution in [2.24, 2.45) is 0 Å². The fraction of sp³-hybridized carbons (Fsp3) is 0.0714. The molecule has 0 amide bonds. The van der Waals surface area contributed by atoms with E-state index in [0.29, 0.717) is 26.7 Å². The number of hydrogen-bond acceptors (Lipinski definition) is 1. The van der Waals surface area contributed by atoms with E-state index in [0.717, 1.165) is 11.3 Å². The lowest BCUT2D eigenvalue weighted by molar-refractivity contribution is 0.926. The van der Waals surface area contributed by atoms with Gasteiger partial charge < -0.3 is 10.6 Å². The molecule has 0 saturated carbocycles. The van der Waals surface area contributed by atoms with E-state index in [2.05, 4.69) is 10.6 Å². The Morgan fingerprint density at radius 1 is 1.00 bits per heavy atom. The maximum Gasteiger partial charge on any atom is 0.171 e. The Kier molecular flexibility index (Phi) is 5.49. The molecular formula is C14H11Cl3N2S. The van der Waals surface area contributed by atoms with Crippen molar-refractivity contribution in [2.45, 2.75) is 6.54 Å². The third kappa shape index (κ3) is 4.53. The minimum Gasteiger partial charge on any atom is -0.358 e. The van der Waals surface area contributed by atoms with Crippen LogP contribution in [0.25, 0.3) is 0 Å². The molecule has 20 heavy (non-hydrogen) atoms. The molecule has 2 nitrogen and oxygen atoms in total. The van der Waals surface area contributed by atoms with Gasteiger partial charge in [-0.1, -0.05) is 46.9 Å². The minimum atomic E-state index is 0.512. The Labute approximate surface area is 138 Å². The van der Waals surface area contributed by atoms with Gasteiger partial charge in [0, 0.05) is 17.3 Å². The van der Waals surface area contributed by atoms with Gasteiger partial charge in [0.25, 0.3) is 0 Å². The van der Waals surface area contributed by atoms with E-state index in [4.69, 9.17) is 47.0 Å². The lowest BCUT2D eigenvalue weighted by Gasteiger charge is -2.11. The van der Waals surface area contributed by atoms with Crippen LogP contribution in [0.2, 0.25) is 15.1 Å². The summed E-state index contributed by atoms with van der Waals surface area (Å²) < 4.78 is 0. The number of halogens is 3. The van der Waals surface area contributed by atoms with Gasteiger partial charge in [-0.3, -0.25) is 0 Å². The highest BCUT2D eigenvalue weighted by atomic mass is 35.5. The number of hydrogen-bond donors (Lipinski definition) is 2. The maximum absolute atomic E-state index is 5.95. The number of anilines is 1. The highest BCUT2D eigenvalue weighted by Crippen LogP contribution is 2.22. The van der Waals surface area contributed by atoms with Crippen LogP contribution in [-0.2, 0) is 6.54 Å². The molecule has 2 aromatic carbocycles. The van der Waals surface area contributed by atoms with E-state index in [9.17, 15) is 0 Å². The fourth-order valence-electron chi connectivity index (χ4n) is 1.57. The van der Waals surface area contributed by atoms with Crippen LogP contribution in [0.1, 0.15) is 5.56 Å². The van der Waals surface area contributed by atoms with Gasteiger partial charge in [0.05, 0.1) is 10.0 Å². The number of rotatable bonds is 3. The third-order valence-corrected chi connectivity index (χ3v) is 3.74. The molecule has 104 valence electrons. The number of benzene rings is 2. The Morgan fingerprint density at radius 2 is 1.80 bits per heavy atom. The van der Waals surface area contributed by atoms with Crippen molar-refractivity contribution in [2.75, 3.05) is 5.32 Å². The molecular weight excluding hydrogens is 335 g/mol. The van der Waals surface area contributed by atoms with Crippen LogP contribution in [-0.4, -0.2) is 5.11 Å². The smallest absolute Gasteiger partial charge is 0.171 e. The van der Waals surface area contributed by atoms with Gasteiger partial charge in [-0.15, -0.1) is 0 Å². The molecule has 0 radical (unpaired) electrons. The van der Waals surface area contributed by atoms with Crippen LogP contribution >= 0.6 is 47.0 Å². The second-order valence-corrected chi connectivity index (χ2v) is 5.73. The summed E-state index contributed by atoms with van der Waals surface area (Å²) in [6.45, 7) is 0.559. The average Bonchev–Trinajstić information content (AvgIpc) is 2.40. The summed E-state index contributed by atoms with van der Waals surface area (Å²) in [6.07, 6.45) is 0. The zero-order chi connectivity index (χ0) is 14.5. The molecule has 2 rings (SSSR count). The van der Waals surface area contributed by atoms with Crippen molar-refractivity contribution >= 4 is 57.8 Å². The first kappa shape index (κ1) is 15.4. The first-order chi connectivity index (χ1) is 9.54. The molecule has 0 aromatic heterocycles. The molecule has 2 aromatic rings. The monoisotopic (exact) mass is 344 g/mol. The first-order valence-corrected chi connectivity index (χ1v) is 7.33. The Morgan fingerprint density at radius 3 is 2.50 bits per heavy atom. The molecule has 2 N–H and O–H groups in total. The topological polar surface area (TPSA) is 24.1 Å². The minimum absolute atomic E-state index is 0.512. The second kappa shape index (κ2) is 7.14. The van der Waals surface area contributed by atoms with Crippen molar-refractivity contribution in [1.82, 2.24) is 5.32 Å². The summed E-state index contributed by atoms with van der Waals surface area (Å²) in [5.41, 5.74) is 1.83. The summed E-state index contributed by atoms with van der Waals surface area (Å²) in [5, 5.41) is 8.38. The molecule has 0 saturated heterocycles. The van der Waals surface area contributed by atoms with Crippen LogP contribution in [0.15, 0.2) is 42.5 Å². The highest BCUT2D eigenvalue weighted by molar-refractivity contribution is 7.80. The van der Waals surface area contributed by atoms with Crippen LogP contribution in [0.3, 0.4) is 0 Å². The largest absolute Gasteiger partial charge is 0.358 e. The van der Waals surface area contributed by atoms with Gasteiger partial charge in [0.15, 0.2) is 5.11 Å². The summed E-state index contributed by atoms with van der Waals surface area (Å²) >= 11 is 22.9. The quantitative estimate of drug-likeness (QED) is 0.754. The second-order valence-electron chi connectivity index (χ2n) is 4.07. The Hall–Kier alpha value is -1.00. The highest BCUT2D eigenvalue weighted by Gasteiger charge is 2.01. The molecule has 0 unspecified atom stereocenters. The summed E-state index contributed by atoms with van der Waals surface area (Å²) in [5.74, 6) is 0. The predicted molar refractivity (Wildman–Crippen MR) is 91.0 cm³/mol. The molecule has 0 aliphatic rings. The van der Waals surface area contributed by atoms with Crippen molar-refractivity contribution in [3.8, 4) is 0 Å². The molecule has 0 heterocycles. The van der Waals surface area contributed by atoms with Gasteiger partial charge in [0.1, 0.15) is 0 Å². The Balaban J connectivity index is 1.90. The van der Waals surface area contributed by atoms with Crippen molar-refractivity contribution in [3.05, 3.63) is 63.1 Å². The van der Waals surface area contributed by atoms with Gasteiger partial charge in [0.2, 0.25) is 0 Å². The fourth-order valence-corrected chi connectivity index (χ4v) is 2.27. The molecule has 0 aliphatic heterocycles. The zero-order valence-corrected chi connectivity index (χ0v) is 13.4. The molecule has 0 atom stereocenters. The van der Waals surface area contributed by atoms with Crippen LogP contribution in [0.4, 0.5) is 5.69 Å². The van der Waals surface area contributed by atoms with Gasteiger partial charge in [-0.2, -0.15) is 0 Å². The van der Waals surface area contributed by atoms with Crippen molar-refractivity contribution in [1.29, 1.82) is 0 Å². The maximum atomic E-state index is 5.95. The van der Waals surface area contributed by atoms with E-state index in [-0.39, 0.29) is 0 Å². The molecule has 0 spiro atoms. The van der Waals surface area contributed by atoms with E-state index in [1.807, 2.05) is 18.2 Å². The SMILES string of the molecule is S=C(NCc1ccc(Cl)c(Cl)c1)Nc1cccc(Cl)c1. The van der Waals surface area contributed by atoms with Gasteiger partial charge >= 0.3 is 0 Å². The zero-order valence-electron chi connectivity index (χ0n) is 10.3. The summed E-state index contributed by atoms with van der Waals surface area (Å²) in [4.78, 5) is 0. The summed E-state index contributed by atoms with van der Waals surface area (Å²) in [6, 6.07) is 12.8. The van der Waals surface area contributed by atoms with Crippen molar-refractivity contribution < 1.29 is 0 Å². The molecule has 6 heteroatoms. The lowest BCUT2D eigenvalue weighted by Crippen LogP contribution is -2.27. The van der Waals surface area contributed by atoms with Crippen LogP contribution < -0.4 is 10.6 Å². The van der Waals surface area contributed by atoms with Gasteiger partial charge in [-0.05, 0) is 48.1 Å². The molecule has 0 fully saturated rings. The van der Waals surface area contributed by atoms with Crippen LogP contribution in [0, 0.1) is 0 Å². The van der Waals surface area contributed by atoms with E-state index in [1.165, 1.54) is 0 Å². The molecule has 0 bridgehead atoms. The lowest BCUT2D eigenvalue weighted by atomic mass is 10.2. The first-order valence-electron chi connectivity index (χ1n) is 5.79. The molecule has 0 aliphatic carbocycles. The van der Waals surface area contributed by atoms with E-state index in [1.54, 1.807) is 24.3 Å². The third-order valence-electron chi connectivity index (χ3n) is 2.52. The Bertz CT molecular complexity index is 632. The average molecular weight is 346 g/mol. The normalized spacial score (nSPS) is 10.2. The summed E-state index contributed by atoms with van der Waals surface area (Å²) in [7, 11) is 0. The van der Waals surface area contributed by atoms with E-state index < -0.39 is 0 Å². The van der Waals surface area contributed by atoms with E-state index >= 15 is 0 Å². The standard InChI is InChI=1S/C14H11Cl3N2S/c15-10-2-1-3-11(7-10)19-14(20)18-8-9-4-5-12(16)13(17)6-9/h1-7H,8H2,(H2,18,19,20). The predicted octanol–water partition coefficient (Wildman–Crippen LogP) is 5.13. The van der Waals surface area contributed by atoms with Crippen molar-refractivity contribution in [3.63, 3.8) is 0 Å².